The van der Waals surface area contributed by atoms with Crippen LogP contribution in [-0.4, -0.2) is 30.7 Å². The Kier molecular flexibility index (Phi) is 5.99. The van der Waals surface area contributed by atoms with Gasteiger partial charge in [-0.2, -0.15) is 0 Å². The molecule has 2 N–H and O–H groups in total. The van der Waals surface area contributed by atoms with Crippen LogP contribution >= 0.6 is 0 Å². The highest BCUT2D eigenvalue weighted by Gasteiger charge is 2.30. The molecule has 0 unspecified atom stereocenters. The van der Waals surface area contributed by atoms with Crippen molar-refractivity contribution in [2.45, 2.75) is 52.7 Å². The summed E-state index contributed by atoms with van der Waals surface area (Å²) in [6.45, 7) is 9.29. The van der Waals surface area contributed by atoms with E-state index in [-0.39, 0.29) is 11.9 Å². The van der Waals surface area contributed by atoms with E-state index in [1.54, 1.807) is 20.8 Å². The van der Waals surface area contributed by atoms with Gasteiger partial charge >= 0.3 is 12.0 Å². The lowest BCUT2D eigenvalue weighted by atomic mass is 9.99. The van der Waals surface area contributed by atoms with Gasteiger partial charge in [0.05, 0.1) is 0 Å². The van der Waals surface area contributed by atoms with E-state index in [9.17, 15) is 9.59 Å². The summed E-state index contributed by atoms with van der Waals surface area (Å²) in [5.41, 5.74) is -0.548. The third-order valence-corrected chi connectivity index (χ3v) is 2.39. The SMILES string of the molecule is CC[C@H](C)[C@H](NC(=O)NC)C(=O)OC(C)(C)C. The fourth-order valence-electron chi connectivity index (χ4n) is 1.25. The average Bonchev–Trinajstić information content (AvgIpc) is 2.21. The molecule has 17 heavy (non-hydrogen) atoms. The largest absolute Gasteiger partial charge is 0.458 e. The van der Waals surface area contributed by atoms with Gasteiger partial charge in [0.2, 0.25) is 0 Å². The highest BCUT2D eigenvalue weighted by atomic mass is 16.6. The zero-order valence-corrected chi connectivity index (χ0v) is 11.6. The normalized spacial score (nSPS) is 14.7. The molecule has 0 aliphatic heterocycles. The van der Waals surface area contributed by atoms with Crippen molar-refractivity contribution < 1.29 is 14.3 Å². The lowest BCUT2D eigenvalue weighted by molar-refractivity contribution is -0.158. The van der Waals surface area contributed by atoms with Crippen molar-refractivity contribution in [3.63, 3.8) is 0 Å². The van der Waals surface area contributed by atoms with Gasteiger partial charge in [0.1, 0.15) is 11.6 Å². The number of carbonyl (C=O) groups is 2. The summed E-state index contributed by atoms with van der Waals surface area (Å²) >= 11 is 0. The molecule has 0 saturated heterocycles. The minimum absolute atomic E-state index is 0.0298. The fourth-order valence-corrected chi connectivity index (χ4v) is 1.25. The summed E-state index contributed by atoms with van der Waals surface area (Å²) in [5, 5.41) is 5.05. The smallest absolute Gasteiger partial charge is 0.329 e. The molecule has 0 fully saturated rings. The van der Waals surface area contributed by atoms with Gasteiger partial charge in [-0.1, -0.05) is 20.3 Å². The molecular formula is C12H24N2O3. The summed E-state index contributed by atoms with van der Waals surface area (Å²) in [7, 11) is 1.51. The molecule has 0 radical (unpaired) electrons. The van der Waals surface area contributed by atoms with E-state index < -0.39 is 17.6 Å². The molecule has 0 aromatic carbocycles. The number of amides is 2. The van der Waals surface area contributed by atoms with Crippen LogP contribution in [0.25, 0.3) is 0 Å². The Morgan fingerprint density at radius 3 is 2.18 bits per heavy atom. The molecule has 100 valence electrons. The first-order valence-corrected chi connectivity index (χ1v) is 5.92. The van der Waals surface area contributed by atoms with E-state index in [4.69, 9.17) is 4.74 Å². The third kappa shape index (κ3) is 6.14. The minimum atomic E-state index is -0.612. The van der Waals surface area contributed by atoms with Crippen LogP contribution in [0.5, 0.6) is 0 Å². The van der Waals surface area contributed by atoms with E-state index in [0.29, 0.717) is 0 Å². The summed E-state index contributed by atoms with van der Waals surface area (Å²) < 4.78 is 5.29. The summed E-state index contributed by atoms with van der Waals surface area (Å²) in [5.74, 6) is -0.363. The van der Waals surface area contributed by atoms with Crippen molar-refractivity contribution in [1.82, 2.24) is 10.6 Å². The van der Waals surface area contributed by atoms with Crippen LogP contribution in [0.15, 0.2) is 0 Å². The standard InChI is InChI=1S/C12H24N2O3/c1-7-8(2)9(14-11(16)13-6)10(15)17-12(3,4)5/h8-9H,7H2,1-6H3,(H2,13,14,16)/t8-,9-/m0/s1. The predicted octanol–water partition coefficient (Wildman–Crippen LogP) is 1.67. The monoisotopic (exact) mass is 244 g/mol. The first kappa shape index (κ1) is 15.7. The maximum Gasteiger partial charge on any atom is 0.329 e. The van der Waals surface area contributed by atoms with Crippen LogP contribution in [0, 0.1) is 5.92 Å². The highest BCUT2D eigenvalue weighted by molar-refractivity contribution is 5.83. The summed E-state index contributed by atoms with van der Waals surface area (Å²) in [6, 6.07) is -0.986. The van der Waals surface area contributed by atoms with Gasteiger partial charge in [0, 0.05) is 7.05 Å². The van der Waals surface area contributed by atoms with Gasteiger partial charge < -0.3 is 15.4 Å². The Balaban J connectivity index is 4.68. The second-order valence-corrected chi connectivity index (χ2v) is 5.12. The Labute approximate surface area is 103 Å². The molecule has 0 aliphatic carbocycles. The van der Waals surface area contributed by atoms with Gasteiger partial charge in [0.15, 0.2) is 0 Å². The van der Waals surface area contributed by atoms with Gasteiger partial charge in [-0.3, -0.25) is 0 Å². The van der Waals surface area contributed by atoms with Crippen LogP contribution in [-0.2, 0) is 9.53 Å². The van der Waals surface area contributed by atoms with Crippen molar-refractivity contribution in [1.29, 1.82) is 0 Å². The summed E-state index contributed by atoms with van der Waals surface area (Å²) in [4.78, 5) is 23.2. The molecule has 2 amide bonds. The second kappa shape index (κ2) is 6.47. The number of carbonyl (C=O) groups excluding carboxylic acids is 2. The number of rotatable bonds is 4. The minimum Gasteiger partial charge on any atom is -0.458 e. The Morgan fingerprint density at radius 2 is 1.82 bits per heavy atom. The molecule has 0 bridgehead atoms. The molecule has 0 saturated carbocycles. The van der Waals surface area contributed by atoms with Gasteiger partial charge in [-0.05, 0) is 26.7 Å². The lowest BCUT2D eigenvalue weighted by Gasteiger charge is -2.27. The maximum atomic E-state index is 11.9. The maximum absolute atomic E-state index is 11.9. The molecule has 0 heterocycles. The van der Waals surface area contributed by atoms with Crippen LogP contribution in [0.4, 0.5) is 4.79 Å². The number of ether oxygens (including phenoxy) is 1. The molecule has 2 atom stereocenters. The second-order valence-electron chi connectivity index (χ2n) is 5.12. The van der Waals surface area contributed by atoms with Gasteiger partial charge in [-0.25, -0.2) is 9.59 Å². The van der Waals surface area contributed by atoms with Crippen molar-refractivity contribution in [3.8, 4) is 0 Å². The van der Waals surface area contributed by atoms with E-state index in [1.165, 1.54) is 7.05 Å². The Bertz CT molecular complexity index is 271. The van der Waals surface area contributed by atoms with Crippen LogP contribution in [0.2, 0.25) is 0 Å². The molecule has 0 aliphatic rings. The molecule has 0 aromatic heterocycles. The zero-order valence-electron chi connectivity index (χ0n) is 11.6. The zero-order chi connectivity index (χ0) is 13.6. The van der Waals surface area contributed by atoms with Crippen LogP contribution < -0.4 is 10.6 Å². The summed E-state index contributed by atoms with van der Waals surface area (Å²) in [6.07, 6.45) is 0.786. The highest BCUT2D eigenvalue weighted by Crippen LogP contribution is 2.14. The van der Waals surface area contributed by atoms with E-state index in [0.717, 1.165) is 6.42 Å². The third-order valence-electron chi connectivity index (χ3n) is 2.39. The molecule has 0 aromatic rings. The van der Waals surface area contributed by atoms with Crippen LogP contribution in [0.1, 0.15) is 41.0 Å². The molecule has 5 heteroatoms. The quantitative estimate of drug-likeness (QED) is 0.739. The van der Waals surface area contributed by atoms with Crippen molar-refractivity contribution in [2.75, 3.05) is 7.05 Å². The first-order chi connectivity index (χ1) is 7.71. The first-order valence-electron chi connectivity index (χ1n) is 5.92. The lowest BCUT2D eigenvalue weighted by Crippen LogP contribution is -2.50. The van der Waals surface area contributed by atoms with Crippen molar-refractivity contribution in [3.05, 3.63) is 0 Å². The average molecular weight is 244 g/mol. The molecular weight excluding hydrogens is 220 g/mol. The Morgan fingerprint density at radius 1 is 1.29 bits per heavy atom. The van der Waals surface area contributed by atoms with Crippen LogP contribution in [0.3, 0.4) is 0 Å². The van der Waals surface area contributed by atoms with Crippen molar-refractivity contribution >= 4 is 12.0 Å². The van der Waals surface area contributed by atoms with E-state index in [1.807, 2.05) is 13.8 Å². The van der Waals surface area contributed by atoms with Crippen molar-refractivity contribution in [2.24, 2.45) is 5.92 Å². The number of esters is 1. The molecule has 5 nitrogen and oxygen atoms in total. The number of hydrogen-bond acceptors (Lipinski definition) is 3. The number of nitrogens with one attached hydrogen (secondary N) is 2. The fraction of sp³-hybridized carbons (Fsp3) is 0.833. The molecule has 0 spiro atoms. The number of hydrogen-bond donors (Lipinski definition) is 2. The predicted molar refractivity (Wildman–Crippen MR) is 66.7 cm³/mol. The van der Waals surface area contributed by atoms with Gasteiger partial charge in [0.25, 0.3) is 0 Å². The molecule has 0 rings (SSSR count). The number of urea groups is 1. The topological polar surface area (TPSA) is 67.4 Å². The Hall–Kier alpha value is -1.26. The van der Waals surface area contributed by atoms with E-state index >= 15 is 0 Å². The van der Waals surface area contributed by atoms with Gasteiger partial charge in [-0.15, -0.1) is 0 Å². The van der Waals surface area contributed by atoms with E-state index in [2.05, 4.69) is 10.6 Å².